The van der Waals surface area contributed by atoms with E-state index >= 15 is 0 Å². The largest absolute Gasteiger partial charge is 0.465 e. The van der Waals surface area contributed by atoms with Gasteiger partial charge in [-0.3, -0.25) is 13.9 Å². The number of fused-ring (bicyclic) bond motifs is 1. The van der Waals surface area contributed by atoms with Gasteiger partial charge in [-0.1, -0.05) is 30.3 Å². The third kappa shape index (κ3) is 6.13. The first kappa shape index (κ1) is 26.3. The number of aryl methyl sites for hydroxylation is 1. The Kier molecular flexibility index (Phi) is 8.17. The third-order valence-electron chi connectivity index (χ3n) is 6.03. The summed E-state index contributed by atoms with van der Waals surface area (Å²) in [4.78, 5) is 33.0. The molecule has 3 aromatic rings. The van der Waals surface area contributed by atoms with Crippen molar-refractivity contribution in [1.29, 1.82) is 0 Å². The first-order valence-corrected chi connectivity index (χ1v) is 13.0. The molecular formula is C25H32N8O3S. The molecule has 37 heavy (non-hydrogen) atoms. The van der Waals surface area contributed by atoms with E-state index in [1.54, 1.807) is 10.9 Å². The van der Waals surface area contributed by atoms with Gasteiger partial charge in [-0.15, -0.1) is 0 Å². The maximum absolute atomic E-state index is 12.2. The Labute approximate surface area is 219 Å². The van der Waals surface area contributed by atoms with Crippen LogP contribution in [-0.4, -0.2) is 71.0 Å². The Hall–Kier alpha value is -3.80. The molecule has 0 spiro atoms. The van der Waals surface area contributed by atoms with Gasteiger partial charge in [0.25, 0.3) is 0 Å². The first-order valence-electron chi connectivity index (χ1n) is 12.1. The van der Waals surface area contributed by atoms with Gasteiger partial charge in [-0.05, 0) is 32.3 Å². The molecule has 0 saturated carbocycles. The number of thioether (sulfide) groups is 1. The monoisotopic (exact) mass is 524 g/mol. The summed E-state index contributed by atoms with van der Waals surface area (Å²) in [5.74, 6) is 0.874. The summed E-state index contributed by atoms with van der Waals surface area (Å²) in [6, 6.07) is 0. The van der Waals surface area contributed by atoms with Crippen molar-refractivity contribution >= 4 is 35.2 Å². The Morgan fingerprint density at radius 1 is 1.27 bits per heavy atom. The predicted molar refractivity (Wildman–Crippen MR) is 144 cm³/mol. The number of anilines is 1. The zero-order chi connectivity index (χ0) is 26.5. The molecule has 2 aliphatic heterocycles. The number of amides is 2. The molecule has 3 aromatic heterocycles. The minimum absolute atomic E-state index is 0.0638. The average Bonchev–Trinajstić information content (AvgIpc) is 3.58. The van der Waals surface area contributed by atoms with Crippen LogP contribution in [-0.2, 0) is 11.8 Å². The van der Waals surface area contributed by atoms with E-state index in [1.165, 1.54) is 16.7 Å². The minimum atomic E-state index is -0.813. The van der Waals surface area contributed by atoms with Crippen LogP contribution in [0.5, 0.6) is 0 Å². The van der Waals surface area contributed by atoms with Crippen molar-refractivity contribution in [2.75, 3.05) is 25.0 Å². The second-order valence-corrected chi connectivity index (χ2v) is 10.2. The van der Waals surface area contributed by atoms with Crippen LogP contribution in [0.25, 0.3) is 16.9 Å². The third-order valence-corrected chi connectivity index (χ3v) is 7.42. The van der Waals surface area contributed by atoms with E-state index in [2.05, 4.69) is 37.9 Å². The molecule has 5 heterocycles. The van der Waals surface area contributed by atoms with E-state index in [0.29, 0.717) is 25.5 Å². The molecular weight excluding hydrogens is 492 g/mol. The van der Waals surface area contributed by atoms with Gasteiger partial charge in [0, 0.05) is 50.8 Å². The Balaban J connectivity index is 0.000000270. The molecule has 3 N–H and O–H groups in total. The second kappa shape index (κ2) is 11.5. The van der Waals surface area contributed by atoms with Gasteiger partial charge in [0.2, 0.25) is 5.91 Å². The fourth-order valence-electron chi connectivity index (χ4n) is 4.21. The van der Waals surface area contributed by atoms with Gasteiger partial charge in [0.05, 0.1) is 28.4 Å². The topological polar surface area (TPSA) is 130 Å². The van der Waals surface area contributed by atoms with Crippen molar-refractivity contribution in [1.82, 2.24) is 34.4 Å². The number of nitrogens with one attached hydrogen (secondary N) is 2. The molecule has 2 aliphatic rings. The second-order valence-electron chi connectivity index (χ2n) is 9.01. The molecule has 12 heteroatoms. The predicted octanol–water partition coefficient (Wildman–Crippen LogP) is 3.59. The quantitative estimate of drug-likeness (QED) is 0.432. The fourth-order valence-corrected chi connectivity index (χ4v) is 5.42. The molecule has 11 nitrogen and oxygen atoms in total. The lowest BCUT2D eigenvalue weighted by Crippen LogP contribution is -2.34. The summed E-state index contributed by atoms with van der Waals surface area (Å²) in [5, 5.41) is 19.8. The summed E-state index contributed by atoms with van der Waals surface area (Å²) in [6.07, 6.45) is 13.4. The minimum Gasteiger partial charge on any atom is -0.465 e. The average molecular weight is 525 g/mol. The lowest BCUT2D eigenvalue weighted by Gasteiger charge is -2.22. The van der Waals surface area contributed by atoms with E-state index < -0.39 is 6.09 Å². The highest BCUT2D eigenvalue weighted by molar-refractivity contribution is 8.04. The summed E-state index contributed by atoms with van der Waals surface area (Å²) >= 11 is 1.52. The number of imidazole rings is 1. The normalized spacial score (nSPS) is 19.1. The van der Waals surface area contributed by atoms with Gasteiger partial charge >= 0.3 is 6.09 Å². The van der Waals surface area contributed by atoms with Gasteiger partial charge in [0.1, 0.15) is 0 Å². The van der Waals surface area contributed by atoms with Crippen molar-refractivity contribution in [2.45, 2.75) is 32.4 Å². The van der Waals surface area contributed by atoms with Crippen LogP contribution < -0.4 is 10.6 Å². The Bertz CT molecular complexity index is 1340. The van der Waals surface area contributed by atoms with Crippen LogP contribution in [0.4, 0.5) is 10.6 Å². The molecule has 0 fully saturated rings. The number of carboxylic acid groups (broad SMARTS) is 1. The fraction of sp³-hybridized carbons (Fsp3) is 0.400. The number of nitrogens with zero attached hydrogens (tertiary/aromatic N) is 6. The van der Waals surface area contributed by atoms with Gasteiger partial charge in [-0.2, -0.15) is 5.10 Å². The summed E-state index contributed by atoms with van der Waals surface area (Å²) < 4.78 is 3.75. The van der Waals surface area contributed by atoms with Crippen molar-refractivity contribution in [3.05, 3.63) is 53.7 Å². The van der Waals surface area contributed by atoms with Crippen LogP contribution in [0.3, 0.4) is 0 Å². The first-order chi connectivity index (χ1) is 17.8. The SMILES string of the molecule is CC1=CCCN(C(=O)O)C1.CCNC(=O)C1SC(Nc2nccn3c(-c4cnn(C)c4)cnc23)=CC1C. The standard InChI is InChI=1S/C18H21N7OS.C7H11NO2/c1-4-19-18(26)15-11(2)7-14(27-15)23-16-17-21-9-13(25(17)6-5-20-16)12-8-22-24(3)10-12;1-6-3-2-4-8(5-6)7(9)10/h5-11,15H,4H2,1-3H3,(H,19,26)(H,20,23);3H,2,4-5H2,1H3,(H,9,10). The number of hydrogen-bond acceptors (Lipinski definition) is 7. The van der Waals surface area contributed by atoms with E-state index in [0.717, 1.165) is 33.9 Å². The highest BCUT2D eigenvalue weighted by Gasteiger charge is 2.31. The van der Waals surface area contributed by atoms with Crippen molar-refractivity contribution in [2.24, 2.45) is 13.0 Å². The Morgan fingerprint density at radius 3 is 2.73 bits per heavy atom. The highest BCUT2D eigenvalue weighted by Crippen LogP contribution is 2.37. The maximum Gasteiger partial charge on any atom is 0.407 e. The molecule has 0 bridgehead atoms. The van der Waals surface area contributed by atoms with Crippen molar-refractivity contribution < 1.29 is 14.7 Å². The van der Waals surface area contributed by atoms with Gasteiger partial charge < -0.3 is 20.6 Å². The van der Waals surface area contributed by atoms with Crippen LogP contribution in [0.2, 0.25) is 0 Å². The van der Waals surface area contributed by atoms with E-state index in [1.807, 2.05) is 57.0 Å². The maximum atomic E-state index is 12.2. The van der Waals surface area contributed by atoms with Crippen LogP contribution in [0, 0.1) is 5.92 Å². The lowest BCUT2D eigenvalue weighted by molar-refractivity contribution is -0.120. The number of hydrogen-bond donors (Lipinski definition) is 3. The smallest absolute Gasteiger partial charge is 0.407 e. The summed E-state index contributed by atoms with van der Waals surface area (Å²) in [5.41, 5.74) is 3.81. The number of aromatic nitrogens is 5. The molecule has 0 aromatic carbocycles. The molecule has 0 aliphatic carbocycles. The molecule has 2 atom stereocenters. The Morgan fingerprint density at radius 2 is 2.08 bits per heavy atom. The highest BCUT2D eigenvalue weighted by atomic mass is 32.2. The zero-order valence-electron chi connectivity index (χ0n) is 21.4. The zero-order valence-corrected chi connectivity index (χ0v) is 22.2. The number of allylic oxidation sites excluding steroid dienone is 1. The van der Waals surface area contributed by atoms with Gasteiger partial charge in [0.15, 0.2) is 11.5 Å². The van der Waals surface area contributed by atoms with Crippen LogP contribution >= 0.6 is 11.8 Å². The van der Waals surface area contributed by atoms with Crippen molar-refractivity contribution in [3.63, 3.8) is 0 Å². The van der Waals surface area contributed by atoms with Crippen LogP contribution in [0.15, 0.2) is 53.7 Å². The summed E-state index contributed by atoms with van der Waals surface area (Å²) in [7, 11) is 1.89. The van der Waals surface area contributed by atoms with Crippen LogP contribution in [0.1, 0.15) is 27.2 Å². The summed E-state index contributed by atoms with van der Waals surface area (Å²) in [6.45, 7) is 7.79. The molecule has 0 radical (unpaired) electrons. The molecule has 2 amide bonds. The number of rotatable bonds is 5. The number of carbonyl (C=O) groups excluding carboxylic acids is 1. The van der Waals surface area contributed by atoms with Gasteiger partial charge in [-0.25, -0.2) is 14.8 Å². The number of carbonyl (C=O) groups is 2. The molecule has 2 unspecified atom stereocenters. The van der Waals surface area contributed by atoms with Crippen molar-refractivity contribution in [3.8, 4) is 11.3 Å². The molecule has 196 valence electrons. The molecule has 5 rings (SSSR count). The van der Waals surface area contributed by atoms with E-state index in [9.17, 15) is 9.59 Å². The molecule has 0 saturated heterocycles. The van der Waals surface area contributed by atoms with E-state index in [4.69, 9.17) is 5.11 Å². The lowest BCUT2D eigenvalue weighted by atomic mass is 10.1. The van der Waals surface area contributed by atoms with E-state index in [-0.39, 0.29) is 17.1 Å².